The Balaban J connectivity index is 2.24. The van der Waals surface area contributed by atoms with E-state index in [1.54, 1.807) is 7.05 Å². The van der Waals surface area contributed by atoms with Gasteiger partial charge in [0.25, 0.3) is 10.2 Å². The van der Waals surface area contributed by atoms with E-state index in [1.165, 1.54) is 4.31 Å². The second kappa shape index (κ2) is 8.94. The molecule has 1 heterocycles. The van der Waals surface area contributed by atoms with Crippen LogP contribution in [-0.2, 0) is 10.2 Å². The number of nitrogens with one attached hydrogen (secondary N) is 2. The lowest BCUT2D eigenvalue weighted by Crippen LogP contribution is -2.44. The highest BCUT2D eigenvalue weighted by Crippen LogP contribution is 2.13. The van der Waals surface area contributed by atoms with Crippen molar-refractivity contribution in [1.29, 1.82) is 0 Å². The van der Waals surface area contributed by atoms with Crippen molar-refractivity contribution in [2.75, 3.05) is 46.8 Å². The van der Waals surface area contributed by atoms with Crippen LogP contribution in [0.15, 0.2) is 0 Å². The zero-order valence-corrected chi connectivity index (χ0v) is 13.9. The molecule has 0 radical (unpaired) electrons. The van der Waals surface area contributed by atoms with Crippen molar-refractivity contribution < 1.29 is 8.42 Å². The zero-order chi connectivity index (χ0) is 15.0. The van der Waals surface area contributed by atoms with Crippen molar-refractivity contribution in [3.63, 3.8) is 0 Å². The Labute approximate surface area is 124 Å². The van der Waals surface area contributed by atoms with Crippen LogP contribution >= 0.6 is 0 Å². The summed E-state index contributed by atoms with van der Waals surface area (Å²) < 4.78 is 28.3. The molecule has 20 heavy (non-hydrogen) atoms. The quantitative estimate of drug-likeness (QED) is 0.567. The molecule has 0 aliphatic carbocycles. The van der Waals surface area contributed by atoms with Crippen LogP contribution in [0.2, 0.25) is 0 Å². The SMILES string of the molecule is CCCNCCCN(C)S(=O)(=O)NCC1CCCN1C. The van der Waals surface area contributed by atoms with Gasteiger partial charge in [0.05, 0.1) is 0 Å². The van der Waals surface area contributed by atoms with E-state index in [0.717, 1.165) is 45.3 Å². The first kappa shape index (κ1) is 17.8. The Morgan fingerprint density at radius 1 is 1.35 bits per heavy atom. The highest BCUT2D eigenvalue weighted by atomic mass is 32.2. The average molecular weight is 306 g/mol. The summed E-state index contributed by atoms with van der Waals surface area (Å²) in [5.74, 6) is 0. The number of rotatable bonds is 10. The highest BCUT2D eigenvalue weighted by Gasteiger charge is 2.24. The van der Waals surface area contributed by atoms with E-state index >= 15 is 0 Å². The van der Waals surface area contributed by atoms with E-state index in [0.29, 0.717) is 19.1 Å². The molecule has 1 aliphatic heterocycles. The van der Waals surface area contributed by atoms with Crippen molar-refractivity contribution in [3.8, 4) is 0 Å². The molecule has 0 amide bonds. The molecule has 1 atom stereocenters. The van der Waals surface area contributed by atoms with Gasteiger partial charge in [0.15, 0.2) is 0 Å². The van der Waals surface area contributed by atoms with E-state index in [9.17, 15) is 8.42 Å². The van der Waals surface area contributed by atoms with Gasteiger partial charge in [0.2, 0.25) is 0 Å². The van der Waals surface area contributed by atoms with E-state index < -0.39 is 10.2 Å². The van der Waals surface area contributed by atoms with Gasteiger partial charge in [0.1, 0.15) is 0 Å². The first-order valence-corrected chi connectivity index (χ1v) is 9.03. The number of likely N-dealkylation sites (tertiary alicyclic amines) is 1. The second-order valence-electron chi connectivity index (χ2n) is 5.56. The maximum Gasteiger partial charge on any atom is 0.279 e. The number of nitrogens with zero attached hydrogens (tertiary/aromatic N) is 2. The monoisotopic (exact) mass is 306 g/mol. The molecule has 0 spiro atoms. The van der Waals surface area contributed by atoms with E-state index in [2.05, 4.69) is 28.9 Å². The predicted octanol–water partition coefficient (Wildman–Crippen LogP) is 0.237. The minimum absolute atomic E-state index is 0.337. The van der Waals surface area contributed by atoms with Gasteiger partial charge in [-0.05, 0) is 52.4 Å². The molecule has 1 saturated heterocycles. The van der Waals surface area contributed by atoms with Crippen LogP contribution < -0.4 is 10.0 Å². The summed E-state index contributed by atoms with van der Waals surface area (Å²) in [6.45, 7) is 6.09. The fraction of sp³-hybridized carbons (Fsp3) is 1.00. The van der Waals surface area contributed by atoms with Crippen LogP contribution in [0.4, 0.5) is 0 Å². The molecule has 1 fully saturated rings. The minimum atomic E-state index is -3.34. The van der Waals surface area contributed by atoms with E-state index in [-0.39, 0.29) is 0 Å². The van der Waals surface area contributed by atoms with Gasteiger partial charge in [-0.15, -0.1) is 0 Å². The molecular weight excluding hydrogens is 276 g/mol. The summed E-state index contributed by atoms with van der Waals surface area (Å²) in [6, 6.07) is 0.337. The fourth-order valence-corrected chi connectivity index (χ4v) is 3.39. The van der Waals surface area contributed by atoms with Crippen LogP contribution in [-0.4, -0.2) is 70.5 Å². The minimum Gasteiger partial charge on any atom is -0.317 e. The molecule has 0 aromatic rings. The molecule has 1 unspecified atom stereocenters. The molecule has 0 aromatic heterocycles. The van der Waals surface area contributed by atoms with Crippen LogP contribution in [0, 0.1) is 0 Å². The van der Waals surface area contributed by atoms with Gasteiger partial charge in [-0.2, -0.15) is 12.7 Å². The zero-order valence-electron chi connectivity index (χ0n) is 13.1. The third-order valence-corrected chi connectivity index (χ3v) is 5.37. The maximum absolute atomic E-state index is 12.1. The van der Waals surface area contributed by atoms with E-state index in [4.69, 9.17) is 0 Å². The molecule has 2 N–H and O–H groups in total. The standard InChI is InChI=1S/C13H30N4O2S/c1-4-8-14-9-6-11-17(3)20(18,19)15-12-13-7-5-10-16(13)2/h13-15H,4-12H2,1-3H3. The summed E-state index contributed by atoms with van der Waals surface area (Å²) in [5, 5.41) is 3.28. The normalized spacial score (nSPS) is 20.9. The van der Waals surface area contributed by atoms with Gasteiger partial charge in [0, 0.05) is 26.2 Å². The van der Waals surface area contributed by atoms with Gasteiger partial charge in [-0.25, -0.2) is 4.72 Å². The number of hydrogen-bond donors (Lipinski definition) is 2. The molecular formula is C13H30N4O2S. The predicted molar refractivity (Wildman–Crippen MR) is 83.0 cm³/mol. The third-order valence-electron chi connectivity index (χ3n) is 3.84. The van der Waals surface area contributed by atoms with E-state index in [1.807, 2.05) is 0 Å². The fourth-order valence-electron chi connectivity index (χ4n) is 2.40. The lowest BCUT2D eigenvalue weighted by atomic mass is 10.2. The van der Waals surface area contributed by atoms with Crippen molar-refractivity contribution in [2.24, 2.45) is 0 Å². The highest BCUT2D eigenvalue weighted by molar-refractivity contribution is 7.87. The topological polar surface area (TPSA) is 64.7 Å². The van der Waals surface area contributed by atoms with Crippen LogP contribution in [0.25, 0.3) is 0 Å². The molecule has 1 aliphatic rings. The molecule has 7 heteroatoms. The second-order valence-corrected chi connectivity index (χ2v) is 7.42. The van der Waals surface area contributed by atoms with Crippen molar-refractivity contribution >= 4 is 10.2 Å². The summed E-state index contributed by atoms with van der Waals surface area (Å²) in [4.78, 5) is 2.22. The van der Waals surface area contributed by atoms with Crippen LogP contribution in [0.3, 0.4) is 0 Å². The van der Waals surface area contributed by atoms with Crippen molar-refractivity contribution in [1.82, 2.24) is 19.2 Å². The summed E-state index contributed by atoms with van der Waals surface area (Å²) in [5.41, 5.74) is 0. The van der Waals surface area contributed by atoms with Crippen molar-refractivity contribution in [3.05, 3.63) is 0 Å². The van der Waals surface area contributed by atoms with Gasteiger partial charge >= 0.3 is 0 Å². The average Bonchev–Trinajstić information content (AvgIpc) is 2.81. The largest absolute Gasteiger partial charge is 0.317 e. The Hall–Kier alpha value is -0.210. The first-order chi connectivity index (χ1) is 9.47. The van der Waals surface area contributed by atoms with Gasteiger partial charge in [-0.1, -0.05) is 6.92 Å². The summed E-state index contributed by atoms with van der Waals surface area (Å²) in [7, 11) is 0.355. The third kappa shape index (κ3) is 6.05. The lowest BCUT2D eigenvalue weighted by Gasteiger charge is -2.22. The lowest BCUT2D eigenvalue weighted by molar-refractivity contribution is 0.308. The molecule has 0 aromatic carbocycles. The number of hydrogen-bond acceptors (Lipinski definition) is 4. The Bertz CT molecular complexity index is 361. The van der Waals surface area contributed by atoms with Crippen LogP contribution in [0.5, 0.6) is 0 Å². The number of likely N-dealkylation sites (N-methyl/N-ethyl adjacent to an activating group) is 1. The molecule has 1 rings (SSSR count). The Morgan fingerprint density at radius 2 is 2.10 bits per heavy atom. The Kier molecular flexibility index (Phi) is 7.98. The van der Waals surface area contributed by atoms with Crippen LogP contribution in [0.1, 0.15) is 32.6 Å². The molecule has 120 valence electrons. The van der Waals surface area contributed by atoms with Crippen molar-refractivity contribution in [2.45, 2.75) is 38.6 Å². The van der Waals surface area contributed by atoms with Gasteiger partial charge in [-0.3, -0.25) is 0 Å². The molecule has 0 saturated carbocycles. The molecule has 6 nitrogen and oxygen atoms in total. The first-order valence-electron chi connectivity index (χ1n) is 7.59. The summed E-state index contributed by atoms with van der Waals surface area (Å²) in [6.07, 6.45) is 4.16. The summed E-state index contributed by atoms with van der Waals surface area (Å²) >= 11 is 0. The molecule has 0 bridgehead atoms. The van der Waals surface area contributed by atoms with Gasteiger partial charge < -0.3 is 10.2 Å². The Morgan fingerprint density at radius 3 is 2.70 bits per heavy atom. The maximum atomic E-state index is 12.1. The smallest absolute Gasteiger partial charge is 0.279 e.